The third kappa shape index (κ3) is 4.23. The van der Waals surface area contributed by atoms with Gasteiger partial charge in [0.2, 0.25) is 5.91 Å². The second-order valence-corrected chi connectivity index (χ2v) is 9.46. The smallest absolute Gasteiger partial charge is 0.358 e. The number of carbonyl (C=O) groups is 3. The van der Waals surface area contributed by atoms with Crippen LogP contribution in [0.5, 0.6) is 0 Å². The molecule has 0 aromatic carbocycles. The van der Waals surface area contributed by atoms with Crippen molar-refractivity contribution in [1.29, 1.82) is 0 Å². The number of ether oxygens (including phenoxy) is 1. The maximum absolute atomic E-state index is 13.5. The molecule has 0 unspecified atom stereocenters. The Morgan fingerprint density at radius 3 is 2.77 bits per heavy atom. The van der Waals surface area contributed by atoms with Gasteiger partial charge >= 0.3 is 5.97 Å². The summed E-state index contributed by atoms with van der Waals surface area (Å²) in [5.41, 5.74) is -0.728. The zero-order valence-corrected chi connectivity index (χ0v) is 18.7. The normalized spacial score (nSPS) is 21.6. The summed E-state index contributed by atoms with van der Waals surface area (Å²) in [5.74, 6) is -1.07. The van der Waals surface area contributed by atoms with E-state index in [9.17, 15) is 14.4 Å². The Hall–Kier alpha value is -2.68. The maximum atomic E-state index is 13.5. The molecule has 0 radical (unpaired) electrons. The molecule has 0 saturated heterocycles. The molecular weight excluding hydrogens is 416 g/mol. The van der Waals surface area contributed by atoms with Crippen LogP contribution in [-0.4, -0.2) is 57.7 Å². The predicted octanol–water partition coefficient (Wildman–Crippen LogP) is 2.64. The molecule has 166 valence electrons. The second kappa shape index (κ2) is 8.82. The summed E-state index contributed by atoms with van der Waals surface area (Å²) >= 11 is 1.63. The third-order valence-electron chi connectivity index (χ3n) is 6.28. The van der Waals surface area contributed by atoms with Crippen molar-refractivity contribution in [3.05, 3.63) is 39.8 Å². The molecule has 4 rings (SSSR count). The van der Waals surface area contributed by atoms with Gasteiger partial charge in [0.1, 0.15) is 11.2 Å². The van der Waals surface area contributed by atoms with Crippen LogP contribution in [0.1, 0.15) is 64.9 Å². The second-order valence-electron chi connectivity index (χ2n) is 8.43. The van der Waals surface area contributed by atoms with Crippen LogP contribution in [0.3, 0.4) is 0 Å². The van der Waals surface area contributed by atoms with E-state index in [0.29, 0.717) is 18.7 Å². The van der Waals surface area contributed by atoms with E-state index >= 15 is 0 Å². The minimum absolute atomic E-state index is 0.0704. The van der Waals surface area contributed by atoms with Gasteiger partial charge < -0.3 is 15.0 Å². The fourth-order valence-electron chi connectivity index (χ4n) is 4.46. The Bertz CT molecular complexity index is 964. The van der Waals surface area contributed by atoms with Crippen molar-refractivity contribution in [2.45, 2.75) is 63.6 Å². The molecule has 8 nitrogen and oxygen atoms in total. The molecule has 2 aromatic rings. The molecule has 0 spiro atoms. The highest BCUT2D eigenvalue weighted by molar-refractivity contribution is 7.09. The van der Waals surface area contributed by atoms with Crippen LogP contribution in [0.15, 0.2) is 23.6 Å². The fraction of sp³-hybridized carbons (Fsp3) is 0.545. The summed E-state index contributed by atoms with van der Waals surface area (Å²) in [6.07, 6.45) is 5.99. The largest absolute Gasteiger partial charge is 0.464 e. The monoisotopic (exact) mass is 444 g/mol. The van der Waals surface area contributed by atoms with Gasteiger partial charge in [0.15, 0.2) is 5.69 Å². The minimum atomic E-state index is -1.10. The molecule has 2 aliphatic rings. The van der Waals surface area contributed by atoms with E-state index < -0.39 is 11.5 Å². The lowest BCUT2D eigenvalue weighted by molar-refractivity contribution is -0.134. The van der Waals surface area contributed by atoms with E-state index in [1.54, 1.807) is 23.2 Å². The molecule has 2 aromatic heterocycles. The van der Waals surface area contributed by atoms with Crippen LogP contribution >= 0.6 is 11.3 Å². The molecule has 1 atom stereocenters. The van der Waals surface area contributed by atoms with E-state index in [-0.39, 0.29) is 30.1 Å². The van der Waals surface area contributed by atoms with Crippen LogP contribution < -0.4 is 5.32 Å². The highest BCUT2D eigenvalue weighted by Gasteiger charge is 2.48. The number of carbonyl (C=O) groups excluding carboxylic acids is 3. The van der Waals surface area contributed by atoms with Crippen LogP contribution in [0.2, 0.25) is 0 Å². The molecule has 2 amide bonds. The van der Waals surface area contributed by atoms with Crippen molar-refractivity contribution in [2.75, 3.05) is 13.7 Å². The molecule has 1 fully saturated rings. The molecule has 1 N–H and O–H groups in total. The van der Waals surface area contributed by atoms with E-state index in [1.807, 2.05) is 17.5 Å². The van der Waals surface area contributed by atoms with Crippen molar-refractivity contribution < 1.29 is 19.1 Å². The van der Waals surface area contributed by atoms with Crippen LogP contribution in [-0.2, 0) is 22.5 Å². The van der Waals surface area contributed by atoms with Crippen LogP contribution in [0.4, 0.5) is 0 Å². The van der Waals surface area contributed by atoms with Gasteiger partial charge in [0, 0.05) is 23.5 Å². The summed E-state index contributed by atoms with van der Waals surface area (Å²) in [6, 6.07) is 5.59. The number of esters is 1. The number of nitrogens with one attached hydrogen (secondary N) is 1. The Kier molecular flexibility index (Phi) is 6.13. The SMILES string of the molecule is COC(=O)c1cc2n(n1)C[C@](C)(C(=O)NC1CCCCC1)N(CCc1cccs1)C2=O. The van der Waals surface area contributed by atoms with E-state index in [4.69, 9.17) is 4.74 Å². The molecule has 3 heterocycles. The summed E-state index contributed by atoms with van der Waals surface area (Å²) < 4.78 is 6.22. The molecule has 1 aliphatic carbocycles. The highest BCUT2D eigenvalue weighted by atomic mass is 32.1. The molecule has 1 aliphatic heterocycles. The molecule has 1 saturated carbocycles. The predicted molar refractivity (Wildman–Crippen MR) is 116 cm³/mol. The number of amides is 2. The third-order valence-corrected chi connectivity index (χ3v) is 7.22. The van der Waals surface area contributed by atoms with Gasteiger partial charge in [-0.3, -0.25) is 14.3 Å². The summed E-state index contributed by atoms with van der Waals surface area (Å²) in [6.45, 7) is 2.39. The van der Waals surface area contributed by atoms with Crippen LogP contribution in [0, 0.1) is 0 Å². The van der Waals surface area contributed by atoms with Crippen molar-refractivity contribution in [3.63, 3.8) is 0 Å². The zero-order valence-electron chi connectivity index (χ0n) is 17.9. The first kappa shape index (κ1) is 21.5. The summed E-state index contributed by atoms with van der Waals surface area (Å²) in [7, 11) is 1.28. The summed E-state index contributed by atoms with van der Waals surface area (Å²) in [5, 5.41) is 9.44. The van der Waals surface area contributed by atoms with Gasteiger partial charge in [0.25, 0.3) is 5.91 Å². The number of nitrogens with zero attached hydrogens (tertiary/aromatic N) is 3. The van der Waals surface area contributed by atoms with Gasteiger partial charge in [-0.2, -0.15) is 5.10 Å². The quantitative estimate of drug-likeness (QED) is 0.692. The first-order valence-corrected chi connectivity index (χ1v) is 11.6. The number of fused-ring (bicyclic) bond motifs is 1. The molecule has 0 bridgehead atoms. The lowest BCUT2D eigenvalue weighted by Crippen LogP contribution is -2.65. The average molecular weight is 445 g/mol. The first-order valence-electron chi connectivity index (χ1n) is 10.7. The van der Waals surface area contributed by atoms with Gasteiger partial charge in [-0.15, -0.1) is 11.3 Å². The van der Waals surface area contributed by atoms with Gasteiger partial charge in [-0.05, 0) is 37.6 Å². The maximum Gasteiger partial charge on any atom is 0.358 e. The van der Waals surface area contributed by atoms with Crippen molar-refractivity contribution in [2.24, 2.45) is 0 Å². The Morgan fingerprint density at radius 1 is 1.32 bits per heavy atom. The lowest BCUT2D eigenvalue weighted by atomic mass is 9.91. The average Bonchev–Trinajstić information content (AvgIpc) is 3.43. The van der Waals surface area contributed by atoms with Crippen molar-refractivity contribution >= 4 is 29.1 Å². The number of methoxy groups -OCH3 is 1. The van der Waals surface area contributed by atoms with Crippen molar-refractivity contribution in [1.82, 2.24) is 20.0 Å². The van der Waals surface area contributed by atoms with Gasteiger partial charge in [-0.25, -0.2) is 4.79 Å². The first-order chi connectivity index (χ1) is 14.9. The number of thiophene rings is 1. The molecule has 31 heavy (non-hydrogen) atoms. The number of rotatable bonds is 6. The van der Waals surface area contributed by atoms with E-state index in [0.717, 1.165) is 30.6 Å². The van der Waals surface area contributed by atoms with Gasteiger partial charge in [0.05, 0.1) is 13.7 Å². The standard InChI is InChI=1S/C22H28N4O4S/c1-22(21(29)23-15-7-4-3-5-8-15)14-26-18(13-17(24-26)20(28)30-2)19(27)25(22)11-10-16-9-6-12-31-16/h6,9,12-13,15H,3-5,7-8,10-11,14H2,1-2H3,(H,23,29)/t22-/m1/s1. The lowest BCUT2D eigenvalue weighted by Gasteiger charge is -2.44. The molecule has 9 heteroatoms. The topological polar surface area (TPSA) is 93.5 Å². The Labute approximate surface area is 185 Å². The van der Waals surface area contributed by atoms with E-state index in [1.165, 1.54) is 24.3 Å². The number of hydrogen-bond donors (Lipinski definition) is 1. The fourth-order valence-corrected chi connectivity index (χ4v) is 5.16. The highest BCUT2D eigenvalue weighted by Crippen LogP contribution is 2.29. The number of aromatic nitrogens is 2. The minimum Gasteiger partial charge on any atom is -0.464 e. The summed E-state index contributed by atoms with van der Waals surface area (Å²) in [4.78, 5) is 41.7. The van der Waals surface area contributed by atoms with E-state index in [2.05, 4.69) is 10.4 Å². The van der Waals surface area contributed by atoms with Crippen LogP contribution in [0.25, 0.3) is 0 Å². The Balaban J connectivity index is 1.63. The van der Waals surface area contributed by atoms with Gasteiger partial charge in [-0.1, -0.05) is 25.3 Å². The molecular formula is C22H28N4O4S. The zero-order chi connectivity index (χ0) is 22.0. The van der Waals surface area contributed by atoms with Crippen molar-refractivity contribution in [3.8, 4) is 0 Å². The number of hydrogen-bond acceptors (Lipinski definition) is 6. The Morgan fingerprint density at radius 2 is 2.10 bits per heavy atom.